The first-order valence-electron chi connectivity index (χ1n) is 5.40. The molecule has 2 rings (SSSR count). The van der Waals surface area contributed by atoms with Crippen molar-refractivity contribution in [3.63, 3.8) is 0 Å². The quantitative estimate of drug-likeness (QED) is 0.400. The van der Waals surface area contributed by atoms with Gasteiger partial charge in [-0.3, -0.25) is 4.79 Å². The number of rotatable bonds is 1. The fourth-order valence-electron chi connectivity index (χ4n) is 1.64. The monoisotopic (exact) mass is 259 g/mol. The van der Waals surface area contributed by atoms with Crippen LogP contribution in [0.1, 0.15) is 5.56 Å². The largest absolute Gasteiger partial charge is 0.370 e. The molecular weight excluding hydrogens is 246 g/mol. The maximum Gasteiger partial charge on any atom is 0.258 e. The van der Waals surface area contributed by atoms with Crippen LogP contribution in [0.25, 0.3) is 10.9 Å². The van der Waals surface area contributed by atoms with Crippen LogP contribution in [0.15, 0.2) is 33.2 Å². The van der Waals surface area contributed by atoms with Gasteiger partial charge in [-0.15, -0.1) is 0 Å². The summed E-state index contributed by atoms with van der Waals surface area (Å²) in [5.74, 6) is -0.289. The van der Waals surface area contributed by atoms with Crippen molar-refractivity contribution in [1.82, 2.24) is 9.97 Å². The predicted octanol–water partition coefficient (Wildman–Crippen LogP) is -0.549. The van der Waals surface area contributed by atoms with Crippen LogP contribution in [0.4, 0.5) is 5.69 Å². The van der Waals surface area contributed by atoms with Crippen molar-refractivity contribution >= 4 is 28.5 Å². The van der Waals surface area contributed by atoms with E-state index in [1.165, 1.54) is 6.33 Å². The number of aliphatic imine (C=N–C) groups is 2. The van der Waals surface area contributed by atoms with Gasteiger partial charge < -0.3 is 22.2 Å². The number of hydrogen-bond donors (Lipinski definition) is 4. The summed E-state index contributed by atoms with van der Waals surface area (Å²) >= 11 is 0. The molecule has 0 radical (unpaired) electrons. The minimum absolute atomic E-state index is 0.0994. The Morgan fingerprint density at radius 3 is 2.74 bits per heavy atom. The van der Waals surface area contributed by atoms with Crippen LogP contribution < -0.4 is 22.8 Å². The van der Waals surface area contributed by atoms with Gasteiger partial charge >= 0.3 is 0 Å². The van der Waals surface area contributed by atoms with Crippen molar-refractivity contribution in [2.75, 3.05) is 0 Å². The van der Waals surface area contributed by atoms with Gasteiger partial charge in [0.25, 0.3) is 5.56 Å². The molecule has 8 nitrogen and oxygen atoms in total. The first-order chi connectivity index (χ1) is 8.99. The standard InChI is InChI=1S/C11H13N7O/c1-5-2-3-6-8(15-4-16-9(6)19)7(5)17-11(14)18-10(12)13/h2-4H,1H3,(H,15,16,19)(H6,12,13,14,17,18). The molecule has 0 aliphatic heterocycles. The lowest BCUT2D eigenvalue weighted by atomic mass is 10.1. The summed E-state index contributed by atoms with van der Waals surface area (Å²) in [4.78, 5) is 26.0. The van der Waals surface area contributed by atoms with Crippen LogP contribution in [0.2, 0.25) is 0 Å². The fraction of sp³-hybridized carbons (Fsp3) is 0.0909. The second kappa shape index (κ2) is 4.77. The number of nitrogens with one attached hydrogen (secondary N) is 1. The van der Waals surface area contributed by atoms with E-state index in [1.54, 1.807) is 12.1 Å². The molecule has 0 aliphatic carbocycles. The van der Waals surface area contributed by atoms with Gasteiger partial charge in [0.05, 0.1) is 17.4 Å². The molecule has 0 aliphatic rings. The third kappa shape index (κ3) is 2.51. The van der Waals surface area contributed by atoms with Crippen LogP contribution in [0, 0.1) is 6.92 Å². The van der Waals surface area contributed by atoms with Crippen LogP contribution in [-0.2, 0) is 0 Å². The Labute approximate surface area is 108 Å². The molecule has 2 aromatic rings. The molecule has 0 atom stereocenters. The number of H-pyrrole nitrogens is 1. The molecule has 0 fully saturated rings. The van der Waals surface area contributed by atoms with Crippen LogP contribution >= 0.6 is 0 Å². The summed E-state index contributed by atoms with van der Waals surface area (Å²) in [6, 6.07) is 3.42. The Kier molecular flexibility index (Phi) is 3.15. The second-order valence-corrected chi connectivity index (χ2v) is 3.87. The first-order valence-corrected chi connectivity index (χ1v) is 5.40. The molecule has 0 unspecified atom stereocenters. The molecule has 98 valence electrons. The minimum atomic E-state index is -0.248. The van der Waals surface area contributed by atoms with Gasteiger partial charge in [0, 0.05) is 0 Å². The van der Waals surface area contributed by atoms with Crippen molar-refractivity contribution in [3.8, 4) is 0 Å². The number of nitrogens with zero attached hydrogens (tertiary/aromatic N) is 3. The Morgan fingerprint density at radius 1 is 1.32 bits per heavy atom. The Morgan fingerprint density at radius 2 is 2.05 bits per heavy atom. The van der Waals surface area contributed by atoms with Gasteiger partial charge in [-0.2, -0.15) is 4.99 Å². The van der Waals surface area contributed by atoms with Crippen molar-refractivity contribution in [2.45, 2.75) is 6.92 Å². The highest BCUT2D eigenvalue weighted by Gasteiger charge is 2.08. The molecule has 1 aromatic carbocycles. The van der Waals surface area contributed by atoms with Gasteiger partial charge in [0.2, 0.25) is 5.96 Å². The smallest absolute Gasteiger partial charge is 0.258 e. The van der Waals surface area contributed by atoms with Crippen molar-refractivity contribution in [3.05, 3.63) is 34.4 Å². The predicted molar refractivity (Wildman–Crippen MR) is 74.2 cm³/mol. The van der Waals surface area contributed by atoms with Crippen molar-refractivity contribution in [1.29, 1.82) is 0 Å². The van der Waals surface area contributed by atoms with E-state index < -0.39 is 0 Å². The molecule has 0 bridgehead atoms. The number of benzene rings is 1. The summed E-state index contributed by atoms with van der Waals surface area (Å²) < 4.78 is 0. The summed E-state index contributed by atoms with van der Waals surface area (Å²) in [6.45, 7) is 1.82. The lowest BCUT2D eigenvalue weighted by Gasteiger charge is -2.04. The average Bonchev–Trinajstić information content (AvgIpc) is 2.32. The molecule has 19 heavy (non-hydrogen) atoms. The number of guanidine groups is 2. The second-order valence-electron chi connectivity index (χ2n) is 3.87. The van der Waals surface area contributed by atoms with E-state index in [-0.39, 0.29) is 17.5 Å². The lowest BCUT2D eigenvalue weighted by molar-refractivity contribution is 1.16. The number of aromatic nitrogens is 2. The summed E-state index contributed by atoms with van der Waals surface area (Å²) in [5, 5.41) is 0.421. The SMILES string of the molecule is Cc1ccc2c(=O)[nH]cnc2c1N=C(N)N=C(N)N. The zero-order chi connectivity index (χ0) is 14.0. The minimum Gasteiger partial charge on any atom is -0.370 e. The molecule has 0 amide bonds. The van der Waals surface area contributed by atoms with Gasteiger partial charge in [0.1, 0.15) is 5.52 Å². The number of aromatic amines is 1. The summed E-state index contributed by atoms with van der Waals surface area (Å²) in [5.41, 5.74) is 17.5. The van der Waals surface area contributed by atoms with E-state index >= 15 is 0 Å². The normalized spacial score (nSPS) is 11.5. The highest BCUT2D eigenvalue weighted by molar-refractivity contribution is 5.97. The van der Waals surface area contributed by atoms with E-state index in [2.05, 4.69) is 20.0 Å². The van der Waals surface area contributed by atoms with E-state index in [9.17, 15) is 4.79 Å². The van der Waals surface area contributed by atoms with Gasteiger partial charge in [0.15, 0.2) is 5.96 Å². The molecule has 0 saturated heterocycles. The van der Waals surface area contributed by atoms with Crippen LogP contribution in [0.5, 0.6) is 0 Å². The first kappa shape index (κ1) is 12.6. The van der Waals surface area contributed by atoms with Crippen molar-refractivity contribution in [2.24, 2.45) is 27.2 Å². The maximum absolute atomic E-state index is 11.7. The third-order valence-electron chi connectivity index (χ3n) is 2.46. The van der Waals surface area contributed by atoms with Gasteiger partial charge in [-0.1, -0.05) is 6.07 Å². The zero-order valence-corrected chi connectivity index (χ0v) is 10.2. The van der Waals surface area contributed by atoms with E-state index in [4.69, 9.17) is 17.2 Å². The Balaban J connectivity index is 2.73. The van der Waals surface area contributed by atoms with Gasteiger partial charge in [-0.25, -0.2) is 9.98 Å². The highest BCUT2D eigenvalue weighted by Crippen LogP contribution is 2.26. The summed E-state index contributed by atoms with van der Waals surface area (Å²) in [6.07, 6.45) is 1.31. The number of fused-ring (bicyclic) bond motifs is 1. The van der Waals surface area contributed by atoms with E-state index in [0.29, 0.717) is 16.6 Å². The maximum atomic E-state index is 11.7. The van der Waals surface area contributed by atoms with Crippen LogP contribution in [0.3, 0.4) is 0 Å². The Hall–Kier alpha value is -2.90. The average molecular weight is 259 g/mol. The number of hydrogen-bond acceptors (Lipinski definition) is 3. The van der Waals surface area contributed by atoms with E-state index in [0.717, 1.165) is 5.56 Å². The molecule has 1 aromatic heterocycles. The molecule has 8 heteroatoms. The van der Waals surface area contributed by atoms with E-state index in [1.807, 2.05) is 6.92 Å². The molecule has 7 N–H and O–H groups in total. The summed E-state index contributed by atoms with van der Waals surface area (Å²) in [7, 11) is 0. The topological polar surface area (TPSA) is 149 Å². The van der Waals surface area contributed by atoms with Crippen LogP contribution in [-0.4, -0.2) is 21.9 Å². The number of aryl methyl sites for hydroxylation is 1. The molecular formula is C11H13N7O. The highest BCUT2D eigenvalue weighted by atomic mass is 16.1. The lowest BCUT2D eigenvalue weighted by Crippen LogP contribution is -2.26. The fourth-order valence-corrected chi connectivity index (χ4v) is 1.64. The molecule has 1 heterocycles. The molecule has 0 saturated carbocycles. The van der Waals surface area contributed by atoms with Crippen molar-refractivity contribution < 1.29 is 0 Å². The Bertz CT molecular complexity index is 740. The molecule has 0 spiro atoms. The van der Waals surface area contributed by atoms with Gasteiger partial charge in [-0.05, 0) is 18.6 Å². The third-order valence-corrected chi connectivity index (χ3v) is 2.46. The number of nitrogens with two attached hydrogens (primary N) is 3. The zero-order valence-electron chi connectivity index (χ0n) is 10.2.